The molecule has 6 aliphatic heterocycles. The highest BCUT2D eigenvalue weighted by atomic mass is 16.6. The SMILES string of the molecule is c1cc2ccc1CN1CCNCCN(CCNCC1)Cc1ccc(cc1)OCCOCCOCCO2. The molecule has 8 heteroatoms. The van der Waals surface area contributed by atoms with Crippen LogP contribution in [0, 0.1) is 0 Å². The fourth-order valence-electron chi connectivity index (χ4n) is 4.40. The average molecular weight is 499 g/mol. The molecule has 6 aliphatic rings. The number of benzene rings is 2. The van der Waals surface area contributed by atoms with E-state index in [-0.39, 0.29) is 0 Å². The molecule has 0 unspecified atom stereocenters. The van der Waals surface area contributed by atoms with Gasteiger partial charge in [0.2, 0.25) is 0 Å². The lowest BCUT2D eigenvalue weighted by Gasteiger charge is -2.27. The van der Waals surface area contributed by atoms with Gasteiger partial charge in [-0.25, -0.2) is 0 Å². The Bertz CT molecular complexity index is 766. The molecule has 0 spiro atoms. The highest BCUT2D eigenvalue weighted by molar-refractivity contribution is 5.28. The zero-order chi connectivity index (χ0) is 24.7. The molecule has 2 N–H and O–H groups in total. The van der Waals surface area contributed by atoms with Gasteiger partial charge in [-0.2, -0.15) is 0 Å². The van der Waals surface area contributed by atoms with Gasteiger partial charge in [-0.1, -0.05) is 24.3 Å². The molecular formula is C28H42N4O4. The van der Waals surface area contributed by atoms with Gasteiger partial charge in [0.15, 0.2) is 0 Å². The smallest absolute Gasteiger partial charge is 0.119 e. The minimum Gasteiger partial charge on any atom is -0.491 e. The van der Waals surface area contributed by atoms with Crippen molar-refractivity contribution in [3.8, 4) is 11.5 Å². The molecular weight excluding hydrogens is 456 g/mol. The second-order valence-electron chi connectivity index (χ2n) is 9.26. The number of nitrogens with zero attached hydrogens (tertiary/aromatic N) is 2. The van der Waals surface area contributed by atoms with Crippen molar-refractivity contribution in [2.45, 2.75) is 13.1 Å². The Morgan fingerprint density at radius 2 is 0.833 bits per heavy atom. The monoisotopic (exact) mass is 498 g/mol. The van der Waals surface area contributed by atoms with E-state index in [4.69, 9.17) is 18.9 Å². The van der Waals surface area contributed by atoms with Gasteiger partial charge in [0.05, 0.1) is 26.4 Å². The molecule has 6 heterocycles. The van der Waals surface area contributed by atoms with Gasteiger partial charge in [0.1, 0.15) is 24.7 Å². The first-order valence-electron chi connectivity index (χ1n) is 13.3. The third-order valence-corrected chi connectivity index (χ3v) is 6.44. The molecule has 1 saturated heterocycles. The Morgan fingerprint density at radius 3 is 1.22 bits per heavy atom. The molecule has 0 saturated carbocycles. The Hall–Kier alpha value is -2.20. The van der Waals surface area contributed by atoms with Crippen molar-refractivity contribution < 1.29 is 18.9 Å². The van der Waals surface area contributed by atoms with Crippen LogP contribution >= 0.6 is 0 Å². The van der Waals surface area contributed by atoms with Crippen LogP contribution in [0.4, 0.5) is 0 Å². The fourth-order valence-corrected chi connectivity index (χ4v) is 4.40. The summed E-state index contributed by atoms with van der Waals surface area (Å²) >= 11 is 0. The van der Waals surface area contributed by atoms with Crippen LogP contribution in [-0.4, -0.2) is 102 Å². The van der Waals surface area contributed by atoms with Crippen molar-refractivity contribution in [2.24, 2.45) is 0 Å². The lowest BCUT2D eigenvalue weighted by molar-refractivity contribution is 0.0273. The Morgan fingerprint density at radius 1 is 0.472 bits per heavy atom. The highest BCUT2D eigenvalue weighted by Gasteiger charge is 2.10. The van der Waals surface area contributed by atoms with Crippen LogP contribution in [0.2, 0.25) is 0 Å². The third-order valence-electron chi connectivity index (χ3n) is 6.44. The van der Waals surface area contributed by atoms with Gasteiger partial charge in [0.25, 0.3) is 0 Å². The lowest BCUT2D eigenvalue weighted by atomic mass is 10.2. The van der Waals surface area contributed by atoms with Crippen LogP contribution in [-0.2, 0) is 22.6 Å². The van der Waals surface area contributed by atoms with Crippen LogP contribution < -0.4 is 20.1 Å². The zero-order valence-corrected chi connectivity index (χ0v) is 21.5. The summed E-state index contributed by atoms with van der Waals surface area (Å²) in [5.41, 5.74) is 2.61. The third kappa shape index (κ3) is 10.0. The van der Waals surface area contributed by atoms with Crippen LogP contribution in [0.5, 0.6) is 11.5 Å². The minimum atomic E-state index is 0.527. The summed E-state index contributed by atoms with van der Waals surface area (Å²) < 4.78 is 22.9. The number of nitrogens with one attached hydrogen (secondary N) is 2. The van der Waals surface area contributed by atoms with E-state index < -0.39 is 0 Å². The molecule has 1 fully saturated rings. The molecule has 36 heavy (non-hydrogen) atoms. The van der Waals surface area contributed by atoms with Crippen molar-refractivity contribution in [1.29, 1.82) is 0 Å². The largest absolute Gasteiger partial charge is 0.491 e. The van der Waals surface area contributed by atoms with E-state index in [1.165, 1.54) is 11.1 Å². The van der Waals surface area contributed by atoms with Crippen molar-refractivity contribution in [3.63, 3.8) is 0 Å². The highest BCUT2D eigenvalue weighted by Crippen LogP contribution is 2.15. The molecule has 8 nitrogen and oxygen atoms in total. The maximum Gasteiger partial charge on any atom is 0.119 e. The number of hydrogen-bond acceptors (Lipinski definition) is 8. The van der Waals surface area contributed by atoms with E-state index in [1.54, 1.807) is 0 Å². The van der Waals surface area contributed by atoms with Crippen LogP contribution in [0.15, 0.2) is 48.5 Å². The van der Waals surface area contributed by atoms with E-state index >= 15 is 0 Å². The van der Waals surface area contributed by atoms with Gasteiger partial charge >= 0.3 is 0 Å². The summed E-state index contributed by atoms with van der Waals surface area (Å²) in [6.45, 7) is 13.2. The Labute approximate surface area is 215 Å². The summed E-state index contributed by atoms with van der Waals surface area (Å²) in [5.74, 6) is 1.75. The normalized spacial score (nSPS) is 24.0. The first-order valence-corrected chi connectivity index (χ1v) is 13.3. The molecule has 0 aromatic heterocycles. The first kappa shape index (κ1) is 26.9. The van der Waals surface area contributed by atoms with Crippen molar-refractivity contribution in [2.75, 3.05) is 92.0 Å². The van der Waals surface area contributed by atoms with Crippen molar-refractivity contribution in [1.82, 2.24) is 20.4 Å². The zero-order valence-electron chi connectivity index (χ0n) is 21.5. The number of hydrogen-bond donors (Lipinski definition) is 2. The van der Waals surface area contributed by atoms with Gasteiger partial charge in [-0.05, 0) is 35.4 Å². The van der Waals surface area contributed by atoms with Gasteiger partial charge in [0, 0.05) is 65.4 Å². The summed E-state index contributed by atoms with van der Waals surface area (Å²) in [6.07, 6.45) is 0. The van der Waals surface area contributed by atoms with E-state index in [1.807, 2.05) is 0 Å². The van der Waals surface area contributed by atoms with E-state index in [0.29, 0.717) is 39.6 Å². The number of ether oxygens (including phenoxy) is 4. The van der Waals surface area contributed by atoms with E-state index in [0.717, 1.165) is 76.9 Å². The van der Waals surface area contributed by atoms with E-state index in [2.05, 4.69) is 69.0 Å². The molecule has 0 radical (unpaired) electrons. The standard InChI is InChI=1S/C28H42N4O4/c1-5-27-6-2-25(1)23-31-13-9-29-11-15-32(16-12-30-10-14-31)24-26-3-7-28(8-4-26)36-22-20-34-18-17-33-19-21-35-27/h1-8,29-30H,9-24H2. The second kappa shape index (κ2) is 15.8. The van der Waals surface area contributed by atoms with Crippen molar-refractivity contribution in [3.05, 3.63) is 59.7 Å². The molecule has 0 aliphatic carbocycles. The maximum absolute atomic E-state index is 5.83. The molecule has 2 aromatic rings. The second-order valence-corrected chi connectivity index (χ2v) is 9.26. The van der Waals surface area contributed by atoms with Crippen LogP contribution in [0.3, 0.4) is 0 Å². The minimum absolute atomic E-state index is 0.527. The molecule has 6 bridgehead atoms. The topological polar surface area (TPSA) is 67.5 Å². The van der Waals surface area contributed by atoms with Gasteiger partial charge < -0.3 is 29.6 Å². The molecule has 198 valence electrons. The Kier molecular flexibility index (Phi) is 11.8. The summed E-state index contributed by atoms with van der Waals surface area (Å²) in [6, 6.07) is 16.9. The quantitative estimate of drug-likeness (QED) is 0.572. The maximum atomic E-state index is 5.83. The Balaban J connectivity index is 1.36. The lowest BCUT2D eigenvalue weighted by Crippen LogP contribution is -2.42. The predicted molar refractivity (Wildman–Crippen MR) is 142 cm³/mol. The van der Waals surface area contributed by atoms with Gasteiger partial charge in [-0.15, -0.1) is 0 Å². The van der Waals surface area contributed by atoms with E-state index in [9.17, 15) is 0 Å². The molecule has 0 amide bonds. The summed E-state index contributed by atoms with van der Waals surface area (Å²) in [4.78, 5) is 5.03. The fraction of sp³-hybridized carbons (Fsp3) is 0.571. The molecule has 0 atom stereocenters. The average Bonchev–Trinajstić information content (AvgIpc) is 2.89. The van der Waals surface area contributed by atoms with Gasteiger partial charge in [-0.3, -0.25) is 9.80 Å². The summed E-state index contributed by atoms with van der Waals surface area (Å²) in [7, 11) is 0. The predicted octanol–water partition coefficient (Wildman–Crippen LogP) is 1.99. The summed E-state index contributed by atoms with van der Waals surface area (Å²) in [5, 5.41) is 7.30. The van der Waals surface area contributed by atoms with Crippen LogP contribution in [0.1, 0.15) is 11.1 Å². The number of fused-ring (bicyclic) bond motifs is 4. The molecule has 8 rings (SSSR count). The molecule has 2 aromatic carbocycles. The first-order chi connectivity index (χ1) is 17.8. The van der Waals surface area contributed by atoms with Crippen LogP contribution in [0.25, 0.3) is 0 Å². The number of rotatable bonds is 0. The van der Waals surface area contributed by atoms with Crippen molar-refractivity contribution >= 4 is 0 Å².